The Morgan fingerprint density at radius 1 is 1.27 bits per heavy atom. The van der Waals surface area contributed by atoms with Gasteiger partial charge < -0.3 is 14.2 Å². The average molecular weight is 353 g/mol. The maximum absolute atomic E-state index is 12.9. The lowest BCUT2D eigenvalue weighted by Crippen LogP contribution is -2.45. The lowest BCUT2D eigenvalue weighted by molar-refractivity contribution is 0.0516. The molecule has 0 saturated carbocycles. The Bertz CT molecular complexity index is 857. The van der Waals surface area contributed by atoms with Crippen molar-refractivity contribution in [2.24, 2.45) is 0 Å². The number of aromatic nitrogens is 3. The fourth-order valence-corrected chi connectivity index (χ4v) is 3.57. The van der Waals surface area contributed by atoms with Crippen LogP contribution in [0.15, 0.2) is 16.9 Å². The van der Waals surface area contributed by atoms with Gasteiger partial charge in [-0.1, -0.05) is 5.16 Å². The van der Waals surface area contributed by atoms with E-state index in [2.05, 4.69) is 15.1 Å². The number of likely N-dealkylation sites (tertiary alicyclic amines) is 1. The molecular weight excluding hydrogens is 334 g/mol. The summed E-state index contributed by atoms with van der Waals surface area (Å²) in [4.78, 5) is 22.7. The molecule has 1 aliphatic heterocycles. The van der Waals surface area contributed by atoms with E-state index >= 15 is 0 Å². The standard InChI is InChI=1S/C18H19N5O3/c19-10-14-17(21-8-7-20-14)25-12-4-3-9-23(11-12)18(24)16-13-5-1-2-6-15(13)26-22-16/h7-8,12H,1-6,9,11H2. The molecule has 8 nitrogen and oxygen atoms in total. The first-order chi connectivity index (χ1) is 12.8. The number of carbonyl (C=O) groups is 1. The molecule has 0 aromatic carbocycles. The van der Waals surface area contributed by atoms with Crippen LogP contribution < -0.4 is 4.74 Å². The molecule has 26 heavy (non-hydrogen) atoms. The first-order valence-electron chi connectivity index (χ1n) is 8.90. The Hall–Kier alpha value is -2.95. The second-order valence-corrected chi connectivity index (χ2v) is 6.60. The molecule has 2 aromatic rings. The first kappa shape index (κ1) is 16.5. The number of hydrogen-bond acceptors (Lipinski definition) is 7. The van der Waals surface area contributed by atoms with Gasteiger partial charge in [0.1, 0.15) is 17.9 Å². The fraction of sp³-hybridized carbons (Fsp3) is 0.500. The summed E-state index contributed by atoms with van der Waals surface area (Å²) in [5.41, 5.74) is 1.56. The smallest absolute Gasteiger partial charge is 0.276 e. The van der Waals surface area contributed by atoms with Gasteiger partial charge in [-0.15, -0.1) is 0 Å². The van der Waals surface area contributed by atoms with Crippen LogP contribution in [-0.4, -0.2) is 45.1 Å². The summed E-state index contributed by atoms with van der Waals surface area (Å²) >= 11 is 0. The Kier molecular flexibility index (Phi) is 4.52. The van der Waals surface area contributed by atoms with Crippen LogP contribution in [0.4, 0.5) is 0 Å². The van der Waals surface area contributed by atoms with Gasteiger partial charge in [-0.05, 0) is 32.1 Å². The molecular formula is C18H19N5O3. The second kappa shape index (κ2) is 7.12. The molecule has 0 N–H and O–H groups in total. The predicted molar refractivity (Wildman–Crippen MR) is 89.4 cm³/mol. The SMILES string of the molecule is N#Cc1nccnc1OC1CCCN(C(=O)c2noc3c2CCCC3)C1. The highest BCUT2D eigenvalue weighted by molar-refractivity contribution is 5.94. The number of ether oxygens (including phenoxy) is 1. The first-order valence-corrected chi connectivity index (χ1v) is 8.90. The van der Waals surface area contributed by atoms with Gasteiger partial charge in [0.05, 0.1) is 6.54 Å². The van der Waals surface area contributed by atoms with Crippen LogP contribution in [0.1, 0.15) is 53.2 Å². The maximum atomic E-state index is 12.9. The molecule has 8 heteroatoms. The molecule has 1 aliphatic carbocycles. The van der Waals surface area contributed by atoms with E-state index < -0.39 is 0 Å². The van der Waals surface area contributed by atoms with Crippen molar-refractivity contribution in [3.8, 4) is 11.9 Å². The van der Waals surface area contributed by atoms with Crippen LogP contribution in [0, 0.1) is 11.3 Å². The maximum Gasteiger partial charge on any atom is 0.276 e. The topological polar surface area (TPSA) is 105 Å². The number of nitrogens with zero attached hydrogens (tertiary/aromatic N) is 5. The molecule has 1 amide bonds. The van der Waals surface area contributed by atoms with E-state index in [4.69, 9.17) is 14.5 Å². The number of aryl methyl sites for hydroxylation is 1. The molecule has 1 saturated heterocycles. The summed E-state index contributed by atoms with van der Waals surface area (Å²) in [7, 11) is 0. The number of amides is 1. The van der Waals surface area contributed by atoms with Gasteiger partial charge in [0.25, 0.3) is 11.8 Å². The Balaban J connectivity index is 1.47. The number of piperidine rings is 1. The Morgan fingerprint density at radius 3 is 3.00 bits per heavy atom. The number of hydrogen-bond donors (Lipinski definition) is 0. The zero-order valence-electron chi connectivity index (χ0n) is 14.3. The van der Waals surface area contributed by atoms with Crippen LogP contribution in [0.5, 0.6) is 5.88 Å². The molecule has 3 heterocycles. The Morgan fingerprint density at radius 2 is 2.12 bits per heavy atom. The summed E-state index contributed by atoms with van der Waals surface area (Å²) in [6, 6.07) is 1.97. The van der Waals surface area contributed by atoms with E-state index in [1.807, 2.05) is 6.07 Å². The lowest BCUT2D eigenvalue weighted by Gasteiger charge is -2.32. The number of carbonyl (C=O) groups excluding carboxylic acids is 1. The van der Waals surface area contributed by atoms with E-state index in [1.165, 1.54) is 12.4 Å². The number of nitriles is 1. The second-order valence-electron chi connectivity index (χ2n) is 6.60. The zero-order chi connectivity index (χ0) is 17.9. The van der Waals surface area contributed by atoms with E-state index in [-0.39, 0.29) is 23.6 Å². The molecule has 1 fully saturated rings. The van der Waals surface area contributed by atoms with E-state index in [0.29, 0.717) is 18.8 Å². The zero-order valence-corrected chi connectivity index (χ0v) is 14.3. The summed E-state index contributed by atoms with van der Waals surface area (Å²) in [5.74, 6) is 0.959. The van der Waals surface area contributed by atoms with Crippen molar-refractivity contribution in [3.05, 3.63) is 35.1 Å². The largest absolute Gasteiger partial charge is 0.470 e. The van der Waals surface area contributed by atoms with Gasteiger partial charge in [-0.25, -0.2) is 9.97 Å². The van der Waals surface area contributed by atoms with Crippen molar-refractivity contribution in [3.63, 3.8) is 0 Å². The van der Waals surface area contributed by atoms with Crippen LogP contribution >= 0.6 is 0 Å². The molecule has 1 atom stereocenters. The van der Waals surface area contributed by atoms with Gasteiger partial charge in [0, 0.05) is 30.9 Å². The number of rotatable bonds is 3. The van der Waals surface area contributed by atoms with Crippen molar-refractivity contribution in [2.75, 3.05) is 13.1 Å². The summed E-state index contributed by atoms with van der Waals surface area (Å²) in [6.45, 7) is 1.09. The van der Waals surface area contributed by atoms with Crippen molar-refractivity contribution in [1.82, 2.24) is 20.0 Å². The third kappa shape index (κ3) is 3.12. The van der Waals surface area contributed by atoms with Crippen LogP contribution in [0.3, 0.4) is 0 Å². The van der Waals surface area contributed by atoms with Crippen molar-refractivity contribution >= 4 is 5.91 Å². The minimum atomic E-state index is -0.223. The molecule has 0 spiro atoms. The van der Waals surface area contributed by atoms with E-state index in [0.717, 1.165) is 49.8 Å². The molecule has 1 unspecified atom stereocenters. The highest BCUT2D eigenvalue weighted by atomic mass is 16.5. The third-order valence-electron chi connectivity index (χ3n) is 4.87. The predicted octanol–water partition coefficient (Wildman–Crippen LogP) is 1.90. The molecule has 134 valence electrons. The quantitative estimate of drug-likeness (QED) is 0.829. The Labute approximate surface area is 150 Å². The van der Waals surface area contributed by atoms with E-state index in [1.54, 1.807) is 4.90 Å². The van der Waals surface area contributed by atoms with Gasteiger partial charge in [-0.3, -0.25) is 4.79 Å². The van der Waals surface area contributed by atoms with Gasteiger partial charge >= 0.3 is 0 Å². The molecule has 0 bridgehead atoms. The minimum absolute atomic E-state index is 0.107. The molecule has 0 radical (unpaired) electrons. The highest BCUT2D eigenvalue weighted by Gasteiger charge is 2.31. The van der Waals surface area contributed by atoms with Crippen molar-refractivity contribution in [1.29, 1.82) is 5.26 Å². The molecule has 4 rings (SSSR count). The number of fused-ring (bicyclic) bond motifs is 1. The van der Waals surface area contributed by atoms with Gasteiger partial charge in [-0.2, -0.15) is 5.26 Å². The lowest BCUT2D eigenvalue weighted by atomic mass is 9.96. The normalized spacial score (nSPS) is 19.5. The van der Waals surface area contributed by atoms with Crippen LogP contribution in [0.25, 0.3) is 0 Å². The molecule has 2 aliphatic rings. The van der Waals surface area contributed by atoms with Crippen LogP contribution in [0.2, 0.25) is 0 Å². The molecule has 2 aromatic heterocycles. The van der Waals surface area contributed by atoms with Gasteiger partial charge in [0.2, 0.25) is 5.69 Å². The van der Waals surface area contributed by atoms with Crippen LogP contribution in [-0.2, 0) is 12.8 Å². The monoisotopic (exact) mass is 353 g/mol. The highest BCUT2D eigenvalue weighted by Crippen LogP contribution is 2.26. The summed E-state index contributed by atoms with van der Waals surface area (Å²) < 4.78 is 11.2. The van der Waals surface area contributed by atoms with Crippen molar-refractivity contribution < 1.29 is 14.1 Å². The fourth-order valence-electron chi connectivity index (χ4n) is 3.57. The average Bonchev–Trinajstić information content (AvgIpc) is 3.12. The summed E-state index contributed by atoms with van der Waals surface area (Å²) in [6.07, 6.45) is 8.17. The third-order valence-corrected chi connectivity index (χ3v) is 4.87. The minimum Gasteiger partial charge on any atom is -0.470 e. The van der Waals surface area contributed by atoms with Crippen molar-refractivity contribution in [2.45, 2.75) is 44.6 Å². The van der Waals surface area contributed by atoms with Gasteiger partial charge in [0.15, 0.2) is 5.69 Å². The van der Waals surface area contributed by atoms with E-state index in [9.17, 15) is 4.79 Å². The summed E-state index contributed by atoms with van der Waals surface area (Å²) in [5, 5.41) is 13.1.